The van der Waals surface area contributed by atoms with E-state index in [9.17, 15) is 13.2 Å². The summed E-state index contributed by atoms with van der Waals surface area (Å²) in [5.74, 6) is -1.84. The first-order chi connectivity index (χ1) is 18.6. The molecule has 1 aliphatic rings. The van der Waals surface area contributed by atoms with Gasteiger partial charge in [-0.1, -0.05) is 54.6 Å². The molecule has 0 aliphatic carbocycles. The van der Waals surface area contributed by atoms with Gasteiger partial charge in [0.1, 0.15) is 5.82 Å². The van der Waals surface area contributed by atoms with Crippen LogP contribution in [-0.2, 0) is 11.3 Å². The molecule has 1 aromatic heterocycles. The molecule has 1 saturated heterocycles. The normalized spacial score (nSPS) is 14.7. The number of piperazine rings is 1. The molecule has 7 nitrogen and oxygen atoms in total. The third kappa shape index (κ3) is 7.44. The van der Waals surface area contributed by atoms with E-state index in [1.165, 1.54) is 22.3 Å². The highest BCUT2D eigenvalue weighted by molar-refractivity contribution is 5.82. The number of imidazole rings is 1. The number of nitrogens with one attached hydrogen (secondary N) is 1. The molecule has 0 amide bonds. The zero-order valence-electron chi connectivity index (χ0n) is 21.6. The van der Waals surface area contributed by atoms with Crippen molar-refractivity contribution >= 4 is 17.0 Å². The Morgan fingerprint density at radius 1 is 0.923 bits per heavy atom. The van der Waals surface area contributed by atoms with E-state index in [0.717, 1.165) is 61.7 Å². The fourth-order valence-electron chi connectivity index (χ4n) is 4.55. The number of alkyl halides is 3. The van der Waals surface area contributed by atoms with Gasteiger partial charge >= 0.3 is 12.1 Å². The number of fused-ring (bicyclic) bond motifs is 1. The first kappa shape index (κ1) is 28.3. The summed E-state index contributed by atoms with van der Waals surface area (Å²) >= 11 is 0. The van der Waals surface area contributed by atoms with Crippen molar-refractivity contribution in [2.75, 3.05) is 39.3 Å². The van der Waals surface area contributed by atoms with E-state index in [1.54, 1.807) is 0 Å². The third-order valence-electron chi connectivity index (χ3n) is 6.66. The summed E-state index contributed by atoms with van der Waals surface area (Å²) in [7, 11) is 0. The number of hydrogen-bond acceptors (Lipinski definition) is 5. The Kier molecular flexibility index (Phi) is 9.01. The minimum Gasteiger partial charge on any atom is -0.475 e. The fourth-order valence-corrected chi connectivity index (χ4v) is 4.55. The van der Waals surface area contributed by atoms with Crippen molar-refractivity contribution in [2.45, 2.75) is 19.6 Å². The Morgan fingerprint density at radius 2 is 1.54 bits per heavy atom. The van der Waals surface area contributed by atoms with Crippen molar-refractivity contribution < 1.29 is 28.2 Å². The minimum absolute atomic E-state index is 0.247. The van der Waals surface area contributed by atoms with Crippen molar-refractivity contribution in [3.63, 3.8) is 0 Å². The van der Waals surface area contributed by atoms with Crippen molar-refractivity contribution in [2.24, 2.45) is 0 Å². The van der Waals surface area contributed by atoms with Crippen LogP contribution in [0.4, 0.5) is 13.2 Å². The molecule has 1 aliphatic heterocycles. The van der Waals surface area contributed by atoms with Crippen LogP contribution in [0.15, 0.2) is 66.7 Å². The van der Waals surface area contributed by atoms with Crippen LogP contribution in [0.5, 0.6) is 0 Å². The quantitative estimate of drug-likeness (QED) is 0.321. The number of nitrogens with zero attached hydrogens (tertiary/aromatic N) is 3. The third-order valence-corrected chi connectivity index (χ3v) is 6.66. The van der Waals surface area contributed by atoms with Crippen LogP contribution in [0, 0.1) is 6.92 Å². The molecule has 5 rings (SSSR count). The van der Waals surface area contributed by atoms with E-state index in [0.29, 0.717) is 0 Å². The van der Waals surface area contributed by atoms with Crippen molar-refractivity contribution in [3.8, 4) is 22.5 Å². The molecule has 0 spiro atoms. The zero-order chi connectivity index (χ0) is 28.0. The predicted molar refractivity (Wildman–Crippen MR) is 144 cm³/mol. The molecule has 10 heteroatoms. The SMILES string of the molecule is Cc1cccc2[nH]c(-c3ccc(-c4cccc(CN5CCN(CCO)CC5)c4)cc3)nc12.O=C(O)C(F)(F)F. The Morgan fingerprint density at radius 3 is 2.15 bits per heavy atom. The van der Waals surface area contributed by atoms with Crippen molar-refractivity contribution in [3.05, 3.63) is 77.9 Å². The number of β-amino-alcohol motifs (C(OH)–C–C–N with tert-alkyl or cyclic N) is 1. The van der Waals surface area contributed by atoms with E-state index >= 15 is 0 Å². The van der Waals surface area contributed by atoms with E-state index in [2.05, 4.69) is 88.4 Å². The lowest BCUT2D eigenvalue weighted by molar-refractivity contribution is -0.192. The number of H-pyrrole nitrogens is 1. The second-order valence-electron chi connectivity index (χ2n) is 9.48. The number of aliphatic hydroxyl groups is 1. The van der Waals surface area contributed by atoms with Gasteiger partial charge in [0, 0.05) is 44.8 Å². The van der Waals surface area contributed by atoms with Gasteiger partial charge in [-0.15, -0.1) is 0 Å². The monoisotopic (exact) mass is 540 g/mol. The van der Waals surface area contributed by atoms with Gasteiger partial charge in [-0.2, -0.15) is 13.2 Å². The van der Waals surface area contributed by atoms with E-state index in [-0.39, 0.29) is 6.61 Å². The molecular weight excluding hydrogens is 509 g/mol. The number of hydrogen-bond donors (Lipinski definition) is 3. The van der Waals surface area contributed by atoms with E-state index in [4.69, 9.17) is 20.0 Å². The maximum atomic E-state index is 10.6. The van der Waals surface area contributed by atoms with Gasteiger partial charge in [-0.3, -0.25) is 9.80 Å². The standard InChI is InChI=1S/C27H30N4O.C2HF3O2/c1-20-4-2-7-25-26(20)29-27(28-25)23-10-8-22(9-11-23)24-6-3-5-21(18-24)19-31-14-12-30(13-15-31)16-17-32;3-2(4,5)1(6)7/h2-11,18,32H,12-17,19H2,1H3,(H,28,29);(H,6,7). The molecule has 2 heterocycles. The predicted octanol–water partition coefficient (Wildman–Crippen LogP) is 4.95. The molecular formula is C29H31F3N4O3. The van der Waals surface area contributed by atoms with Gasteiger partial charge in [0.25, 0.3) is 0 Å². The summed E-state index contributed by atoms with van der Waals surface area (Å²) in [5, 5.41) is 16.2. The minimum atomic E-state index is -5.08. The zero-order valence-corrected chi connectivity index (χ0v) is 21.6. The van der Waals surface area contributed by atoms with Crippen molar-refractivity contribution in [1.29, 1.82) is 0 Å². The number of carboxylic acids is 1. The number of benzene rings is 3. The smallest absolute Gasteiger partial charge is 0.475 e. The Balaban J connectivity index is 0.000000448. The number of aliphatic carboxylic acids is 1. The second kappa shape index (κ2) is 12.4. The van der Waals surface area contributed by atoms with Gasteiger partial charge in [-0.25, -0.2) is 9.78 Å². The maximum absolute atomic E-state index is 10.6. The topological polar surface area (TPSA) is 92.7 Å². The number of carboxylic acid groups (broad SMARTS) is 1. The number of aryl methyl sites for hydroxylation is 1. The summed E-state index contributed by atoms with van der Waals surface area (Å²) < 4.78 is 31.7. The second-order valence-corrected chi connectivity index (χ2v) is 9.48. The highest BCUT2D eigenvalue weighted by Crippen LogP contribution is 2.27. The van der Waals surface area contributed by atoms with Gasteiger partial charge in [0.05, 0.1) is 17.6 Å². The fraction of sp³-hybridized carbons (Fsp3) is 0.310. The molecule has 0 bridgehead atoms. The Hall–Kier alpha value is -3.73. The molecule has 4 aromatic rings. The molecule has 0 radical (unpaired) electrons. The van der Waals surface area contributed by atoms with E-state index < -0.39 is 12.1 Å². The van der Waals surface area contributed by atoms with Crippen LogP contribution >= 0.6 is 0 Å². The average molecular weight is 541 g/mol. The van der Waals surface area contributed by atoms with Crippen LogP contribution in [0.1, 0.15) is 11.1 Å². The summed E-state index contributed by atoms with van der Waals surface area (Å²) in [5.41, 5.74) is 8.21. The Labute approximate surface area is 224 Å². The van der Waals surface area contributed by atoms with Crippen LogP contribution in [0.2, 0.25) is 0 Å². The number of para-hydroxylation sites is 1. The number of halogens is 3. The Bertz CT molecular complexity index is 1400. The lowest BCUT2D eigenvalue weighted by Gasteiger charge is -2.34. The number of aromatic amines is 1. The van der Waals surface area contributed by atoms with Gasteiger partial charge in [-0.05, 0) is 41.3 Å². The molecule has 206 valence electrons. The lowest BCUT2D eigenvalue weighted by Crippen LogP contribution is -2.46. The van der Waals surface area contributed by atoms with Crippen molar-refractivity contribution in [1.82, 2.24) is 19.8 Å². The van der Waals surface area contributed by atoms with Crippen LogP contribution in [0.25, 0.3) is 33.5 Å². The first-order valence-corrected chi connectivity index (χ1v) is 12.6. The molecule has 1 fully saturated rings. The number of rotatable bonds is 6. The average Bonchev–Trinajstić information content (AvgIpc) is 3.36. The largest absolute Gasteiger partial charge is 0.490 e. The van der Waals surface area contributed by atoms with E-state index in [1.807, 2.05) is 0 Å². The molecule has 3 aromatic carbocycles. The molecule has 0 saturated carbocycles. The summed E-state index contributed by atoms with van der Waals surface area (Å²) in [4.78, 5) is 22.0. The summed E-state index contributed by atoms with van der Waals surface area (Å²) in [6.07, 6.45) is -5.08. The molecule has 0 unspecified atom stereocenters. The van der Waals surface area contributed by atoms with Gasteiger partial charge in [0.2, 0.25) is 0 Å². The number of carbonyl (C=O) groups is 1. The highest BCUT2D eigenvalue weighted by Gasteiger charge is 2.38. The summed E-state index contributed by atoms with van der Waals surface area (Å²) in [6, 6.07) is 23.8. The molecule has 39 heavy (non-hydrogen) atoms. The first-order valence-electron chi connectivity index (χ1n) is 12.6. The van der Waals surface area contributed by atoms with Gasteiger partial charge in [0.15, 0.2) is 0 Å². The highest BCUT2D eigenvalue weighted by atomic mass is 19.4. The number of aliphatic hydroxyl groups excluding tert-OH is 1. The van der Waals surface area contributed by atoms with Gasteiger partial charge < -0.3 is 15.2 Å². The molecule has 0 atom stereocenters. The van der Waals surface area contributed by atoms with Crippen LogP contribution < -0.4 is 0 Å². The molecule has 3 N–H and O–H groups in total. The van der Waals surface area contributed by atoms with Crippen LogP contribution in [0.3, 0.4) is 0 Å². The lowest BCUT2D eigenvalue weighted by atomic mass is 10.0. The maximum Gasteiger partial charge on any atom is 0.490 e. The van der Waals surface area contributed by atoms with Crippen LogP contribution in [-0.4, -0.2) is 81.5 Å². The summed E-state index contributed by atoms with van der Waals surface area (Å²) in [6.45, 7) is 8.26. The number of aromatic nitrogens is 2.